The first kappa shape index (κ1) is 16.9. The number of nitrogen functional groups attached to an aromatic ring is 1. The first-order chi connectivity index (χ1) is 13.2. The van der Waals surface area contributed by atoms with Crippen LogP contribution in [0.2, 0.25) is 0 Å². The fourth-order valence-corrected chi connectivity index (χ4v) is 3.56. The molecule has 132 valence electrons. The number of hydrogen-bond donors (Lipinski definition) is 1. The molecule has 0 fully saturated rings. The number of pyridine rings is 2. The lowest BCUT2D eigenvalue weighted by Gasteiger charge is -2.11. The van der Waals surface area contributed by atoms with Crippen molar-refractivity contribution in [2.24, 2.45) is 0 Å². The van der Waals surface area contributed by atoms with Gasteiger partial charge in [-0.25, -0.2) is 15.0 Å². The van der Waals surface area contributed by atoms with E-state index in [-0.39, 0.29) is 0 Å². The van der Waals surface area contributed by atoms with Crippen molar-refractivity contribution in [3.05, 3.63) is 78.7 Å². The summed E-state index contributed by atoms with van der Waals surface area (Å²) in [6.07, 6.45) is 6.98. The van der Waals surface area contributed by atoms with Crippen LogP contribution in [0.1, 0.15) is 0 Å². The zero-order valence-corrected chi connectivity index (χ0v) is 15.4. The summed E-state index contributed by atoms with van der Waals surface area (Å²) in [5.74, 6) is 1.08. The van der Waals surface area contributed by atoms with E-state index in [2.05, 4.69) is 23.5 Å². The number of aromatic nitrogens is 4. The van der Waals surface area contributed by atoms with Gasteiger partial charge in [0.05, 0.1) is 11.3 Å². The number of fused-ring (bicyclic) bond motifs is 1. The standard InChI is InChI=1S/C21H17N5S/c1-3-6-15(4-2)26-20(16-7-5-11-23-19(16)22)25-18-9-8-17(24-21(18)26)14-10-12-27-13-14/h3-13H,1-2H2,(H2,22,23)/b15-6+. The molecule has 4 aromatic rings. The van der Waals surface area contributed by atoms with Crippen LogP contribution in [-0.4, -0.2) is 19.5 Å². The van der Waals surface area contributed by atoms with E-state index in [1.807, 2.05) is 46.4 Å². The van der Waals surface area contributed by atoms with E-state index < -0.39 is 0 Å². The van der Waals surface area contributed by atoms with Gasteiger partial charge in [0.1, 0.15) is 11.3 Å². The van der Waals surface area contributed by atoms with Crippen LogP contribution in [0.15, 0.2) is 78.7 Å². The summed E-state index contributed by atoms with van der Waals surface area (Å²) in [4.78, 5) is 13.8. The Morgan fingerprint density at radius 3 is 2.74 bits per heavy atom. The highest BCUT2D eigenvalue weighted by Gasteiger charge is 2.18. The van der Waals surface area contributed by atoms with Gasteiger partial charge in [0, 0.05) is 22.8 Å². The second-order valence-electron chi connectivity index (χ2n) is 5.79. The van der Waals surface area contributed by atoms with Gasteiger partial charge in [0.25, 0.3) is 0 Å². The Balaban J connectivity index is 2.06. The van der Waals surface area contributed by atoms with Crippen LogP contribution in [0, 0.1) is 0 Å². The molecular weight excluding hydrogens is 354 g/mol. The molecule has 0 aliphatic rings. The van der Waals surface area contributed by atoms with Crippen molar-refractivity contribution in [3.63, 3.8) is 0 Å². The lowest BCUT2D eigenvalue weighted by atomic mass is 10.2. The van der Waals surface area contributed by atoms with Gasteiger partial charge in [0.15, 0.2) is 11.5 Å². The van der Waals surface area contributed by atoms with Gasteiger partial charge in [0.2, 0.25) is 0 Å². The third kappa shape index (κ3) is 2.96. The van der Waals surface area contributed by atoms with E-state index in [4.69, 9.17) is 15.7 Å². The highest BCUT2D eigenvalue weighted by Crippen LogP contribution is 2.32. The van der Waals surface area contributed by atoms with Gasteiger partial charge in [-0.05, 0) is 47.9 Å². The molecule has 0 amide bonds. The number of allylic oxidation sites excluding steroid dienone is 4. The molecule has 5 nitrogen and oxygen atoms in total. The molecule has 0 aromatic carbocycles. The molecule has 0 atom stereocenters. The van der Waals surface area contributed by atoms with Crippen molar-refractivity contribution in [1.82, 2.24) is 19.5 Å². The second kappa shape index (κ2) is 7.01. The number of anilines is 1. The number of nitrogens with zero attached hydrogens (tertiary/aromatic N) is 4. The number of imidazole rings is 1. The first-order valence-corrected chi connectivity index (χ1v) is 9.25. The average molecular weight is 371 g/mol. The highest BCUT2D eigenvalue weighted by atomic mass is 32.1. The smallest absolute Gasteiger partial charge is 0.165 e. The Morgan fingerprint density at radius 1 is 1.15 bits per heavy atom. The topological polar surface area (TPSA) is 69.6 Å². The van der Waals surface area contributed by atoms with Crippen molar-refractivity contribution in [2.75, 3.05) is 5.73 Å². The minimum Gasteiger partial charge on any atom is -0.383 e. The maximum atomic E-state index is 6.12. The lowest BCUT2D eigenvalue weighted by molar-refractivity contribution is 1.11. The zero-order valence-electron chi connectivity index (χ0n) is 14.5. The molecule has 0 spiro atoms. The maximum absolute atomic E-state index is 6.12. The number of nitrogens with two attached hydrogens (primary N) is 1. The molecule has 2 N–H and O–H groups in total. The Kier molecular flexibility index (Phi) is 4.40. The predicted octanol–water partition coefficient (Wildman–Crippen LogP) is 5.02. The Bertz CT molecular complexity index is 1170. The summed E-state index contributed by atoms with van der Waals surface area (Å²) in [6.45, 7) is 7.74. The van der Waals surface area contributed by atoms with Crippen molar-refractivity contribution >= 4 is 34.0 Å². The molecule has 27 heavy (non-hydrogen) atoms. The highest BCUT2D eigenvalue weighted by molar-refractivity contribution is 7.08. The lowest BCUT2D eigenvalue weighted by Crippen LogP contribution is -2.02. The minimum absolute atomic E-state index is 0.411. The largest absolute Gasteiger partial charge is 0.383 e. The maximum Gasteiger partial charge on any atom is 0.165 e. The quantitative estimate of drug-likeness (QED) is 0.500. The molecule has 0 aliphatic heterocycles. The van der Waals surface area contributed by atoms with Crippen molar-refractivity contribution in [3.8, 4) is 22.6 Å². The molecule has 0 unspecified atom stereocenters. The SMILES string of the molecule is C=C/C=C(\C=C)n1c(-c2cccnc2N)nc2ccc(-c3ccsc3)nc21. The molecule has 0 saturated heterocycles. The van der Waals surface area contributed by atoms with E-state index in [0.717, 1.165) is 33.7 Å². The molecule has 4 rings (SSSR count). The summed E-state index contributed by atoms with van der Waals surface area (Å²) < 4.78 is 1.94. The van der Waals surface area contributed by atoms with Gasteiger partial charge in [-0.3, -0.25) is 4.57 Å². The first-order valence-electron chi connectivity index (χ1n) is 8.31. The third-order valence-electron chi connectivity index (χ3n) is 4.16. The van der Waals surface area contributed by atoms with Crippen LogP contribution in [-0.2, 0) is 0 Å². The summed E-state index contributed by atoms with van der Waals surface area (Å²) in [6, 6.07) is 9.73. The zero-order chi connectivity index (χ0) is 18.8. The molecule has 4 aromatic heterocycles. The number of rotatable bonds is 5. The van der Waals surface area contributed by atoms with Crippen LogP contribution in [0.4, 0.5) is 5.82 Å². The van der Waals surface area contributed by atoms with E-state index in [0.29, 0.717) is 11.6 Å². The molecule has 0 radical (unpaired) electrons. The molecule has 4 heterocycles. The van der Waals surface area contributed by atoms with Crippen molar-refractivity contribution in [1.29, 1.82) is 0 Å². The van der Waals surface area contributed by atoms with Crippen LogP contribution >= 0.6 is 11.3 Å². The van der Waals surface area contributed by atoms with Gasteiger partial charge in [-0.1, -0.05) is 19.2 Å². The van der Waals surface area contributed by atoms with Crippen LogP contribution in [0.25, 0.3) is 39.5 Å². The van der Waals surface area contributed by atoms with Gasteiger partial charge < -0.3 is 5.73 Å². The van der Waals surface area contributed by atoms with Crippen molar-refractivity contribution in [2.45, 2.75) is 0 Å². The molecule has 0 bridgehead atoms. The van der Waals surface area contributed by atoms with Crippen molar-refractivity contribution < 1.29 is 0 Å². The average Bonchev–Trinajstić information content (AvgIpc) is 3.34. The molecule has 0 aliphatic carbocycles. The van der Waals surface area contributed by atoms with E-state index in [1.165, 1.54) is 0 Å². The monoisotopic (exact) mass is 371 g/mol. The molecular formula is C21H17N5S. The fourth-order valence-electron chi connectivity index (χ4n) is 2.91. The van der Waals surface area contributed by atoms with Gasteiger partial charge >= 0.3 is 0 Å². The Labute approximate surface area is 160 Å². The molecule has 0 saturated carbocycles. The summed E-state index contributed by atoms with van der Waals surface area (Å²) in [5, 5.41) is 4.11. The van der Waals surface area contributed by atoms with E-state index in [9.17, 15) is 0 Å². The van der Waals surface area contributed by atoms with Crippen LogP contribution < -0.4 is 5.73 Å². The van der Waals surface area contributed by atoms with E-state index in [1.54, 1.807) is 29.7 Å². The Morgan fingerprint density at radius 2 is 2.04 bits per heavy atom. The fraction of sp³-hybridized carbons (Fsp3) is 0. The third-order valence-corrected chi connectivity index (χ3v) is 4.84. The molecule has 6 heteroatoms. The number of hydrogen-bond acceptors (Lipinski definition) is 5. The normalized spacial score (nSPS) is 11.6. The Hall–Kier alpha value is -3.51. The minimum atomic E-state index is 0.411. The van der Waals surface area contributed by atoms with Gasteiger partial charge in [-0.2, -0.15) is 11.3 Å². The van der Waals surface area contributed by atoms with Crippen LogP contribution in [0.3, 0.4) is 0 Å². The van der Waals surface area contributed by atoms with Gasteiger partial charge in [-0.15, -0.1) is 0 Å². The number of thiophene rings is 1. The van der Waals surface area contributed by atoms with E-state index >= 15 is 0 Å². The summed E-state index contributed by atoms with van der Waals surface area (Å²) in [7, 11) is 0. The second-order valence-corrected chi connectivity index (χ2v) is 6.57. The predicted molar refractivity (Wildman–Crippen MR) is 113 cm³/mol. The summed E-state index contributed by atoms with van der Waals surface area (Å²) in [5.41, 5.74) is 11.1. The van der Waals surface area contributed by atoms with Crippen LogP contribution in [0.5, 0.6) is 0 Å². The summed E-state index contributed by atoms with van der Waals surface area (Å²) >= 11 is 1.64.